The maximum Gasteiger partial charge on any atom is 0.238 e. The van der Waals surface area contributed by atoms with Gasteiger partial charge < -0.3 is 0 Å². The third kappa shape index (κ3) is 1.94. The third-order valence-electron chi connectivity index (χ3n) is 3.96. The molecule has 3 atom stereocenters. The SMILES string of the molecule is C[C@@H]1C=CC[C@H]2C(=O)N(c3ccc(Br)cc3)C(=O)[C@H]12. The van der Waals surface area contributed by atoms with Gasteiger partial charge in [-0.15, -0.1) is 0 Å². The Hall–Kier alpha value is -1.42. The molecule has 1 heterocycles. The van der Waals surface area contributed by atoms with Gasteiger partial charge in [-0.25, -0.2) is 0 Å². The summed E-state index contributed by atoms with van der Waals surface area (Å²) in [5, 5.41) is 0. The molecule has 2 amide bonds. The van der Waals surface area contributed by atoms with Gasteiger partial charge in [0.2, 0.25) is 11.8 Å². The minimum absolute atomic E-state index is 0.0610. The second kappa shape index (κ2) is 4.60. The molecular weight excluding hydrogens is 306 g/mol. The Morgan fingerprint density at radius 3 is 2.47 bits per heavy atom. The van der Waals surface area contributed by atoms with Gasteiger partial charge in [0.15, 0.2) is 0 Å². The van der Waals surface area contributed by atoms with Gasteiger partial charge in [-0.1, -0.05) is 35.0 Å². The lowest BCUT2D eigenvalue weighted by atomic mass is 9.78. The van der Waals surface area contributed by atoms with E-state index in [9.17, 15) is 9.59 Å². The van der Waals surface area contributed by atoms with E-state index in [-0.39, 0.29) is 29.6 Å². The van der Waals surface area contributed by atoms with Crippen LogP contribution in [-0.4, -0.2) is 11.8 Å². The second-order valence-electron chi connectivity index (χ2n) is 5.14. The maximum atomic E-state index is 12.5. The molecule has 0 saturated carbocycles. The second-order valence-corrected chi connectivity index (χ2v) is 6.06. The lowest BCUT2D eigenvalue weighted by molar-refractivity contribution is -0.122. The summed E-state index contributed by atoms with van der Waals surface area (Å²) in [4.78, 5) is 26.3. The summed E-state index contributed by atoms with van der Waals surface area (Å²) in [5.41, 5.74) is 0.666. The van der Waals surface area contributed by atoms with Crippen LogP contribution in [0.25, 0.3) is 0 Å². The number of fused-ring (bicyclic) bond motifs is 1. The quantitative estimate of drug-likeness (QED) is 0.589. The van der Waals surface area contributed by atoms with Crippen molar-refractivity contribution in [2.45, 2.75) is 13.3 Å². The van der Waals surface area contributed by atoms with Crippen LogP contribution >= 0.6 is 15.9 Å². The van der Waals surface area contributed by atoms with E-state index in [4.69, 9.17) is 0 Å². The molecule has 3 nitrogen and oxygen atoms in total. The number of rotatable bonds is 1. The van der Waals surface area contributed by atoms with Gasteiger partial charge in [-0.2, -0.15) is 0 Å². The number of hydrogen-bond donors (Lipinski definition) is 0. The molecule has 0 radical (unpaired) electrons. The molecule has 0 bridgehead atoms. The fourth-order valence-electron chi connectivity index (χ4n) is 2.99. The zero-order valence-electron chi connectivity index (χ0n) is 10.5. The number of anilines is 1. The van der Waals surface area contributed by atoms with E-state index in [0.29, 0.717) is 12.1 Å². The maximum absolute atomic E-state index is 12.5. The summed E-state index contributed by atoms with van der Waals surface area (Å²) >= 11 is 3.36. The van der Waals surface area contributed by atoms with Crippen molar-refractivity contribution in [2.75, 3.05) is 4.90 Å². The van der Waals surface area contributed by atoms with Gasteiger partial charge in [-0.05, 0) is 36.6 Å². The average Bonchev–Trinajstić information content (AvgIpc) is 2.65. The standard InChI is InChI=1S/C15H14BrNO2/c1-9-3-2-4-12-13(9)15(19)17(14(12)18)11-7-5-10(16)6-8-11/h2-3,5-9,12-13H,4H2,1H3/t9-,12-,13-/m1/s1. The monoisotopic (exact) mass is 319 g/mol. The molecule has 19 heavy (non-hydrogen) atoms. The molecule has 1 aromatic carbocycles. The molecule has 0 unspecified atom stereocenters. The largest absolute Gasteiger partial charge is 0.274 e. The highest BCUT2D eigenvalue weighted by Crippen LogP contribution is 2.40. The van der Waals surface area contributed by atoms with E-state index >= 15 is 0 Å². The van der Waals surface area contributed by atoms with Crippen molar-refractivity contribution < 1.29 is 9.59 Å². The molecule has 2 aliphatic rings. The smallest absolute Gasteiger partial charge is 0.238 e. The van der Waals surface area contributed by atoms with Gasteiger partial charge in [0.25, 0.3) is 0 Å². The topological polar surface area (TPSA) is 37.4 Å². The molecule has 1 aliphatic heterocycles. The molecule has 1 aromatic rings. The first kappa shape index (κ1) is 12.6. The number of hydrogen-bond acceptors (Lipinski definition) is 2. The Kier molecular flexibility index (Phi) is 3.05. The van der Waals surface area contributed by atoms with E-state index in [2.05, 4.69) is 15.9 Å². The highest BCUT2D eigenvalue weighted by atomic mass is 79.9. The normalized spacial score (nSPS) is 29.8. The van der Waals surface area contributed by atoms with Crippen LogP contribution in [0.5, 0.6) is 0 Å². The summed E-state index contributed by atoms with van der Waals surface area (Å²) in [5.74, 6) is -0.365. The van der Waals surface area contributed by atoms with Crippen LogP contribution in [0.4, 0.5) is 5.69 Å². The zero-order valence-corrected chi connectivity index (χ0v) is 12.1. The van der Waals surface area contributed by atoms with Gasteiger partial charge in [0.05, 0.1) is 17.5 Å². The van der Waals surface area contributed by atoms with Crippen LogP contribution in [0, 0.1) is 17.8 Å². The fourth-order valence-corrected chi connectivity index (χ4v) is 3.26. The molecule has 4 heteroatoms. The molecule has 3 rings (SSSR count). The number of benzene rings is 1. The van der Waals surface area contributed by atoms with Crippen molar-refractivity contribution in [1.29, 1.82) is 0 Å². The molecule has 1 aliphatic carbocycles. The summed E-state index contributed by atoms with van der Waals surface area (Å²) in [6.07, 6.45) is 4.73. The van der Waals surface area contributed by atoms with E-state index in [1.165, 1.54) is 4.90 Å². The number of imide groups is 1. The Morgan fingerprint density at radius 2 is 1.84 bits per heavy atom. The van der Waals surface area contributed by atoms with Crippen molar-refractivity contribution >= 4 is 33.4 Å². The summed E-state index contributed by atoms with van der Waals surface area (Å²) < 4.78 is 0.933. The molecule has 1 saturated heterocycles. The van der Waals surface area contributed by atoms with Crippen LogP contribution in [0.15, 0.2) is 40.9 Å². The van der Waals surface area contributed by atoms with Crippen molar-refractivity contribution in [3.63, 3.8) is 0 Å². The minimum atomic E-state index is -0.193. The van der Waals surface area contributed by atoms with Crippen molar-refractivity contribution in [3.8, 4) is 0 Å². The molecule has 1 fully saturated rings. The van der Waals surface area contributed by atoms with Crippen molar-refractivity contribution in [3.05, 3.63) is 40.9 Å². The van der Waals surface area contributed by atoms with Crippen LogP contribution in [0.3, 0.4) is 0 Å². The van der Waals surface area contributed by atoms with Crippen molar-refractivity contribution in [2.24, 2.45) is 17.8 Å². The van der Waals surface area contributed by atoms with E-state index in [1.807, 2.05) is 31.2 Å². The first-order valence-electron chi connectivity index (χ1n) is 6.39. The number of halogens is 1. The lowest BCUT2D eigenvalue weighted by Gasteiger charge is -2.22. The Morgan fingerprint density at radius 1 is 1.16 bits per heavy atom. The summed E-state index contributed by atoms with van der Waals surface area (Å²) in [6, 6.07) is 7.30. The van der Waals surface area contributed by atoms with Gasteiger partial charge >= 0.3 is 0 Å². The van der Waals surface area contributed by atoms with Gasteiger partial charge in [-0.3, -0.25) is 14.5 Å². The Bertz CT molecular complexity index is 564. The van der Waals surface area contributed by atoms with E-state index in [1.54, 1.807) is 12.1 Å². The molecule has 0 spiro atoms. The molecule has 0 N–H and O–H groups in total. The number of nitrogens with zero attached hydrogens (tertiary/aromatic N) is 1. The summed E-state index contributed by atoms with van der Waals surface area (Å²) in [7, 11) is 0. The average molecular weight is 320 g/mol. The predicted molar refractivity (Wildman–Crippen MR) is 76.5 cm³/mol. The zero-order chi connectivity index (χ0) is 13.6. The molecule has 0 aromatic heterocycles. The Balaban J connectivity index is 1.98. The number of allylic oxidation sites excluding steroid dienone is 2. The van der Waals surface area contributed by atoms with Crippen LogP contribution in [0.1, 0.15) is 13.3 Å². The van der Waals surface area contributed by atoms with Crippen LogP contribution < -0.4 is 4.90 Å². The first-order valence-corrected chi connectivity index (χ1v) is 7.19. The minimum Gasteiger partial charge on any atom is -0.274 e. The summed E-state index contributed by atoms with van der Waals surface area (Å²) in [6.45, 7) is 2.00. The van der Waals surface area contributed by atoms with Gasteiger partial charge in [0.1, 0.15) is 0 Å². The van der Waals surface area contributed by atoms with Gasteiger partial charge in [0, 0.05) is 4.47 Å². The van der Waals surface area contributed by atoms with Crippen LogP contribution in [-0.2, 0) is 9.59 Å². The highest BCUT2D eigenvalue weighted by molar-refractivity contribution is 9.10. The number of carbonyl (C=O) groups excluding carboxylic acids is 2. The lowest BCUT2D eigenvalue weighted by Crippen LogP contribution is -2.31. The van der Waals surface area contributed by atoms with E-state index in [0.717, 1.165) is 4.47 Å². The third-order valence-corrected chi connectivity index (χ3v) is 4.49. The predicted octanol–water partition coefficient (Wildman–Crippen LogP) is 3.15. The highest BCUT2D eigenvalue weighted by Gasteiger charge is 2.50. The number of amides is 2. The fraction of sp³-hybridized carbons (Fsp3) is 0.333. The van der Waals surface area contributed by atoms with Crippen LogP contribution in [0.2, 0.25) is 0 Å². The van der Waals surface area contributed by atoms with E-state index < -0.39 is 0 Å². The molecule has 98 valence electrons. The van der Waals surface area contributed by atoms with Crippen molar-refractivity contribution in [1.82, 2.24) is 0 Å². The molecular formula is C15H14BrNO2. The number of carbonyl (C=O) groups is 2. The first-order chi connectivity index (χ1) is 9.09. The Labute approximate surface area is 120 Å².